The fourth-order valence-electron chi connectivity index (χ4n) is 2.29. The maximum atomic E-state index is 5.80. The van der Waals surface area contributed by atoms with Gasteiger partial charge in [-0.15, -0.1) is 0 Å². The zero-order valence-electron chi connectivity index (χ0n) is 7.23. The minimum absolute atomic E-state index is 0.193. The quantitative estimate of drug-likeness (QED) is 0.485. The molecule has 0 aromatic rings. The first-order chi connectivity index (χ1) is 5.33. The highest BCUT2D eigenvalue weighted by atomic mass is 16.5. The summed E-state index contributed by atoms with van der Waals surface area (Å²) in [6, 6.07) is 0. The van der Waals surface area contributed by atoms with Gasteiger partial charge in [-0.1, -0.05) is 25.3 Å². The second kappa shape index (κ2) is 2.63. The molecule has 1 spiro atoms. The summed E-state index contributed by atoms with van der Waals surface area (Å²) >= 11 is 0. The molecule has 0 aromatic carbocycles. The molecular formula is C10H16O. The third-order valence-corrected chi connectivity index (χ3v) is 3.13. The highest BCUT2D eigenvalue weighted by Gasteiger charge is 2.36. The lowest BCUT2D eigenvalue weighted by molar-refractivity contribution is -0.00996. The smallest absolute Gasteiger partial charge is 0.0893 e. The van der Waals surface area contributed by atoms with Crippen LogP contribution >= 0.6 is 0 Å². The summed E-state index contributed by atoms with van der Waals surface area (Å²) in [5.74, 6) is 0. The van der Waals surface area contributed by atoms with Crippen LogP contribution < -0.4 is 0 Å². The fraction of sp³-hybridized carbons (Fsp3) is 0.800. The van der Waals surface area contributed by atoms with Crippen LogP contribution in [0.3, 0.4) is 0 Å². The predicted octanol–water partition coefficient (Wildman–Crippen LogP) is 2.67. The molecule has 0 radical (unpaired) electrons. The van der Waals surface area contributed by atoms with Crippen molar-refractivity contribution in [1.82, 2.24) is 0 Å². The highest BCUT2D eigenvalue weighted by Crippen LogP contribution is 2.40. The van der Waals surface area contributed by atoms with Crippen LogP contribution in [-0.2, 0) is 4.74 Å². The topological polar surface area (TPSA) is 9.23 Å². The van der Waals surface area contributed by atoms with Crippen molar-refractivity contribution >= 4 is 0 Å². The molecule has 1 heterocycles. The molecule has 0 unspecified atom stereocenters. The number of ether oxygens (including phenoxy) is 1. The van der Waals surface area contributed by atoms with Gasteiger partial charge in [0, 0.05) is 0 Å². The van der Waals surface area contributed by atoms with Crippen LogP contribution in [0.1, 0.15) is 39.0 Å². The molecule has 2 rings (SSSR count). The van der Waals surface area contributed by atoms with Gasteiger partial charge in [0.05, 0.1) is 12.2 Å². The van der Waals surface area contributed by atoms with E-state index >= 15 is 0 Å². The zero-order valence-corrected chi connectivity index (χ0v) is 7.23. The maximum absolute atomic E-state index is 5.80. The Morgan fingerprint density at radius 3 is 2.55 bits per heavy atom. The molecule has 0 aromatic heterocycles. The molecule has 1 fully saturated rings. The van der Waals surface area contributed by atoms with Gasteiger partial charge in [-0.05, 0) is 25.3 Å². The number of hydrogen-bond acceptors (Lipinski definition) is 1. The van der Waals surface area contributed by atoms with Crippen LogP contribution in [0.5, 0.6) is 0 Å². The van der Waals surface area contributed by atoms with Gasteiger partial charge in [-0.25, -0.2) is 0 Å². The van der Waals surface area contributed by atoms with Gasteiger partial charge < -0.3 is 4.74 Å². The third kappa shape index (κ3) is 1.12. The second-order valence-electron chi connectivity index (χ2n) is 3.75. The van der Waals surface area contributed by atoms with E-state index in [1.807, 2.05) is 0 Å². The second-order valence-corrected chi connectivity index (χ2v) is 3.75. The molecule has 2 aliphatic rings. The molecule has 1 heteroatoms. The fourth-order valence-corrected chi connectivity index (χ4v) is 2.29. The summed E-state index contributed by atoms with van der Waals surface area (Å²) in [6.45, 7) is 3.07. The van der Waals surface area contributed by atoms with Crippen molar-refractivity contribution in [3.8, 4) is 0 Å². The number of rotatable bonds is 0. The van der Waals surface area contributed by atoms with Crippen molar-refractivity contribution in [2.75, 3.05) is 6.61 Å². The van der Waals surface area contributed by atoms with E-state index < -0.39 is 0 Å². The van der Waals surface area contributed by atoms with Gasteiger partial charge in [-0.2, -0.15) is 0 Å². The lowest BCUT2D eigenvalue weighted by Crippen LogP contribution is -2.32. The van der Waals surface area contributed by atoms with Crippen LogP contribution in [-0.4, -0.2) is 12.2 Å². The molecular weight excluding hydrogens is 136 g/mol. The van der Waals surface area contributed by atoms with Crippen molar-refractivity contribution in [3.63, 3.8) is 0 Å². The van der Waals surface area contributed by atoms with Crippen molar-refractivity contribution in [2.45, 2.75) is 44.6 Å². The Hall–Kier alpha value is -0.300. The third-order valence-electron chi connectivity index (χ3n) is 3.13. The Morgan fingerprint density at radius 1 is 1.27 bits per heavy atom. The summed E-state index contributed by atoms with van der Waals surface area (Å²) < 4.78 is 5.80. The summed E-state index contributed by atoms with van der Waals surface area (Å²) in [4.78, 5) is 0. The Morgan fingerprint density at radius 2 is 2.00 bits per heavy atom. The van der Waals surface area contributed by atoms with Crippen molar-refractivity contribution in [3.05, 3.63) is 11.6 Å². The molecule has 11 heavy (non-hydrogen) atoms. The number of hydrogen-bond donors (Lipinski definition) is 0. The van der Waals surface area contributed by atoms with Crippen LogP contribution in [0, 0.1) is 0 Å². The monoisotopic (exact) mass is 152 g/mol. The van der Waals surface area contributed by atoms with E-state index in [9.17, 15) is 0 Å². The maximum Gasteiger partial charge on any atom is 0.0893 e. The molecule has 1 aliphatic carbocycles. The van der Waals surface area contributed by atoms with E-state index in [-0.39, 0.29) is 5.60 Å². The minimum Gasteiger partial charge on any atom is -0.367 e. The zero-order chi connectivity index (χ0) is 7.73. The molecule has 1 aliphatic heterocycles. The van der Waals surface area contributed by atoms with E-state index in [4.69, 9.17) is 4.74 Å². The Kier molecular flexibility index (Phi) is 1.76. The van der Waals surface area contributed by atoms with Crippen molar-refractivity contribution in [1.29, 1.82) is 0 Å². The Balaban J connectivity index is 2.14. The summed E-state index contributed by atoms with van der Waals surface area (Å²) in [5.41, 5.74) is 1.68. The molecule has 0 amide bonds. The van der Waals surface area contributed by atoms with Crippen LogP contribution in [0.25, 0.3) is 0 Å². The van der Waals surface area contributed by atoms with Gasteiger partial charge in [0.25, 0.3) is 0 Å². The molecule has 0 N–H and O–H groups in total. The standard InChI is InChI=1S/C10H16O/c1-9-5-8-11-10(9)6-3-2-4-7-10/h5H,2-4,6-8H2,1H3. The van der Waals surface area contributed by atoms with E-state index in [0.29, 0.717) is 0 Å². The average molecular weight is 152 g/mol. The van der Waals surface area contributed by atoms with E-state index in [2.05, 4.69) is 13.0 Å². The van der Waals surface area contributed by atoms with Gasteiger partial charge in [0.15, 0.2) is 0 Å². The van der Waals surface area contributed by atoms with E-state index in [1.165, 1.54) is 37.7 Å². The van der Waals surface area contributed by atoms with Gasteiger partial charge in [-0.3, -0.25) is 0 Å². The van der Waals surface area contributed by atoms with Gasteiger partial charge in [0.1, 0.15) is 0 Å². The molecule has 0 bridgehead atoms. The minimum atomic E-state index is 0.193. The molecule has 0 atom stereocenters. The Bertz CT molecular complexity index is 175. The summed E-state index contributed by atoms with van der Waals surface area (Å²) in [7, 11) is 0. The molecule has 1 nitrogen and oxygen atoms in total. The normalized spacial score (nSPS) is 29.0. The highest BCUT2D eigenvalue weighted by molar-refractivity contribution is 5.20. The van der Waals surface area contributed by atoms with Crippen LogP contribution in [0.15, 0.2) is 11.6 Å². The molecule has 62 valence electrons. The van der Waals surface area contributed by atoms with E-state index in [0.717, 1.165) is 6.61 Å². The van der Waals surface area contributed by atoms with Gasteiger partial charge >= 0.3 is 0 Å². The van der Waals surface area contributed by atoms with Crippen LogP contribution in [0.2, 0.25) is 0 Å². The van der Waals surface area contributed by atoms with Crippen molar-refractivity contribution in [2.24, 2.45) is 0 Å². The molecule has 1 saturated carbocycles. The SMILES string of the molecule is CC1=CCOC12CCCCC2. The first-order valence-corrected chi connectivity index (χ1v) is 4.65. The lowest BCUT2D eigenvalue weighted by atomic mass is 9.80. The molecule has 0 saturated heterocycles. The summed E-state index contributed by atoms with van der Waals surface area (Å²) in [6.07, 6.45) is 8.87. The predicted molar refractivity (Wildman–Crippen MR) is 45.5 cm³/mol. The van der Waals surface area contributed by atoms with Crippen LogP contribution in [0.4, 0.5) is 0 Å². The lowest BCUT2D eigenvalue weighted by Gasteiger charge is -2.34. The first kappa shape index (κ1) is 7.35. The first-order valence-electron chi connectivity index (χ1n) is 4.65. The largest absolute Gasteiger partial charge is 0.367 e. The van der Waals surface area contributed by atoms with Gasteiger partial charge in [0.2, 0.25) is 0 Å². The Labute approximate surface area is 68.4 Å². The average Bonchev–Trinajstić information content (AvgIpc) is 2.36. The summed E-state index contributed by atoms with van der Waals surface area (Å²) in [5, 5.41) is 0. The van der Waals surface area contributed by atoms with Crippen molar-refractivity contribution < 1.29 is 4.74 Å². The van der Waals surface area contributed by atoms with E-state index in [1.54, 1.807) is 0 Å².